The lowest BCUT2D eigenvalue weighted by Gasteiger charge is -2.58. The van der Waals surface area contributed by atoms with E-state index in [0.29, 0.717) is 18.6 Å². The molecule has 0 saturated heterocycles. The van der Waals surface area contributed by atoms with Crippen molar-refractivity contribution in [1.29, 1.82) is 0 Å². The third kappa shape index (κ3) is 4.40. The van der Waals surface area contributed by atoms with Crippen molar-refractivity contribution < 1.29 is 4.43 Å². The number of aromatic amines is 1. The Bertz CT molecular complexity index is 1180. The quantitative estimate of drug-likeness (QED) is 0.542. The van der Waals surface area contributed by atoms with Crippen LogP contribution in [0, 0.1) is 18.3 Å². The van der Waals surface area contributed by atoms with Crippen molar-refractivity contribution in [2.75, 3.05) is 6.61 Å². The second-order valence-corrected chi connectivity index (χ2v) is 12.7. The summed E-state index contributed by atoms with van der Waals surface area (Å²) in [5.74, 6) is 0.230. The number of nitrogens with zero attached hydrogens (tertiary/aromatic N) is 1. The van der Waals surface area contributed by atoms with Gasteiger partial charge in [-0.1, -0.05) is 81.4 Å². The van der Waals surface area contributed by atoms with Crippen LogP contribution in [-0.2, 0) is 9.96 Å². The standard InChI is InChI=1S/C26H33N3O3Si/c1-18-16-29(24(31)28-23(18)30)26(15-21(22(26)27)25(2,3)4)17-32-33(19-11-7-5-8-12-19)20-13-9-6-10-14-20/h5-14,16,21-22,33H,15,17,27H2,1-4H3,(H,28,30,31)/t21-,22+,26-/m0/s1. The minimum atomic E-state index is -2.02. The summed E-state index contributed by atoms with van der Waals surface area (Å²) in [6, 6.07) is 20.2. The predicted molar refractivity (Wildman–Crippen MR) is 135 cm³/mol. The van der Waals surface area contributed by atoms with Gasteiger partial charge in [-0.2, -0.15) is 0 Å². The fourth-order valence-electron chi connectivity index (χ4n) is 4.95. The highest BCUT2D eigenvalue weighted by atomic mass is 28.3. The summed E-state index contributed by atoms with van der Waals surface area (Å²) in [7, 11) is -2.02. The van der Waals surface area contributed by atoms with Gasteiger partial charge >= 0.3 is 5.69 Å². The van der Waals surface area contributed by atoms with Crippen molar-refractivity contribution in [3.63, 3.8) is 0 Å². The number of benzene rings is 2. The molecule has 0 amide bonds. The lowest BCUT2D eigenvalue weighted by Crippen LogP contribution is -2.71. The van der Waals surface area contributed by atoms with Crippen LogP contribution in [0.2, 0.25) is 0 Å². The van der Waals surface area contributed by atoms with Crippen LogP contribution >= 0.6 is 0 Å². The van der Waals surface area contributed by atoms with Gasteiger partial charge in [0.15, 0.2) is 0 Å². The number of hydrogen-bond donors (Lipinski definition) is 2. The zero-order valence-corrected chi connectivity index (χ0v) is 20.9. The molecule has 0 bridgehead atoms. The van der Waals surface area contributed by atoms with Crippen LogP contribution in [0.5, 0.6) is 0 Å². The summed E-state index contributed by atoms with van der Waals surface area (Å²) in [6.45, 7) is 8.55. The fraction of sp³-hybridized carbons (Fsp3) is 0.385. The highest BCUT2D eigenvalue weighted by molar-refractivity contribution is 6.80. The number of aryl methyl sites for hydroxylation is 1. The summed E-state index contributed by atoms with van der Waals surface area (Å²) in [5.41, 5.74) is 5.80. The van der Waals surface area contributed by atoms with E-state index in [-0.39, 0.29) is 22.9 Å². The Hall–Kier alpha value is -2.74. The van der Waals surface area contributed by atoms with Gasteiger partial charge in [0, 0.05) is 17.8 Å². The molecule has 33 heavy (non-hydrogen) atoms. The van der Waals surface area contributed by atoms with Crippen molar-refractivity contribution in [3.05, 3.63) is 93.3 Å². The summed E-state index contributed by atoms with van der Waals surface area (Å²) in [6.07, 6.45) is 2.36. The van der Waals surface area contributed by atoms with Crippen LogP contribution in [0.3, 0.4) is 0 Å². The van der Waals surface area contributed by atoms with Gasteiger partial charge < -0.3 is 10.2 Å². The third-order valence-electron chi connectivity index (χ3n) is 7.04. The Morgan fingerprint density at radius 3 is 2.09 bits per heavy atom. The van der Waals surface area contributed by atoms with Crippen molar-refractivity contribution in [1.82, 2.24) is 9.55 Å². The Morgan fingerprint density at radius 1 is 1.06 bits per heavy atom. The molecule has 6 nitrogen and oxygen atoms in total. The summed E-state index contributed by atoms with van der Waals surface area (Å²) in [5, 5.41) is 2.34. The highest BCUT2D eigenvalue weighted by Crippen LogP contribution is 2.50. The van der Waals surface area contributed by atoms with E-state index in [4.69, 9.17) is 10.2 Å². The molecule has 2 aromatic carbocycles. The smallest absolute Gasteiger partial charge is 0.328 e. The Labute approximate surface area is 196 Å². The van der Waals surface area contributed by atoms with Gasteiger partial charge in [-0.3, -0.25) is 14.3 Å². The molecule has 1 heterocycles. The van der Waals surface area contributed by atoms with Gasteiger partial charge in [0.1, 0.15) is 0 Å². The number of hydrogen-bond acceptors (Lipinski definition) is 4. The maximum absolute atomic E-state index is 12.9. The minimum absolute atomic E-state index is 0.000548. The molecule has 1 aromatic heterocycles. The topological polar surface area (TPSA) is 90.1 Å². The number of nitrogens with one attached hydrogen (secondary N) is 1. The maximum atomic E-state index is 12.9. The number of nitrogens with two attached hydrogens (primary N) is 1. The molecule has 1 aliphatic carbocycles. The molecule has 3 atom stereocenters. The van der Waals surface area contributed by atoms with Crippen LogP contribution in [-0.4, -0.2) is 31.2 Å². The summed E-state index contributed by atoms with van der Waals surface area (Å²) in [4.78, 5) is 27.4. The van der Waals surface area contributed by atoms with Gasteiger partial charge in [-0.15, -0.1) is 0 Å². The molecule has 1 fully saturated rings. The SMILES string of the molecule is Cc1cn([C@]2(CO[SiH](c3ccccc3)c3ccccc3)C[C@H](C(C)(C)C)[C@H]2N)c(=O)[nH]c1=O. The number of rotatable bonds is 6. The average Bonchev–Trinajstić information content (AvgIpc) is 2.78. The van der Waals surface area contributed by atoms with Gasteiger partial charge in [0.05, 0.1) is 12.1 Å². The van der Waals surface area contributed by atoms with Gasteiger partial charge in [0.2, 0.25) is 9.04 Å². The second-order valence-electron chi connectivity index (χ2n) is 10.3. The lowest BCUT2D eigenvalue weighted by molar-refractivity contribution is -0.0619. The van der Waals surface area contributed by atoms with Crippen molar-refractivity contribution >= 4 is 19.4 Å². The summed E-state index contributed by atoms with van der Waals surface area (Å²) < 4.78 is 8.36. The first kappa shape index (κ1) is 23.4. The first-order valence-electron chi connectivity index (χ1n) is 11.4. The molecule has 174 valence electrons. The largest absolute Gasteiger partial charge is 0.408 e. The van der Waals surface area contributed by atoms with Crippen LogP contribution in [0.15, 0.2) is 76.4 Å². The molecular formula is C26H33N3O3Si. The van der Waals surface area contributed by atoms with E-state index in [0.717, 1.165) is 0 Å². The van der Waals surface area contributed by atoms with Crippen LogP contribution in [0.4, 0.5) is 0 Å². The van der Waals surface area contributed by atoms with Crippen LogP contribution < -0.4 is 27.4 Å². The Balaban J connectivity index is 1.74. The van der Waals surface area contributed by atoms with Gasteiger partial charge in [-0.05, 0) is 35.1 Å². The van der Waals surface area contributed by atoms with E-state index >= 15 is 0 Å². The van der Waals surface area contributed by atoms with E-state index in [1.165, 1.54) is 10.4 Å². The van der Waals surface area contributed by atoms with Crippen molar-refractivity contribution in [2.45, 2.75) is 45.7 Å². The first-order chi connectivity index (χ1) is 15.6. The molecule has 1 aliphatic rings. The van der Waals surface area contributed by atoms with E-state index in [1.807, 2.05) is 36.4 Å². The Kier molecular flexibility index (Phi) is 6.31. The molecule has 4 rings (SSSR count). The molecule has 0 aliphatic heterocycles. The monoisotopic (exact) mass is 463 g/mol. The normalized spacial score (nSPS) is 22.8. The van der Waals surface area contributed by atoms with E-state index in [1.54, 1.807) is 17.7 Å². The fourth-order valence-corrected chi connectivity index (χ4v) is 7.32. The van der Waals surface area contributed by atoms with Gasteiger partial charge in [-0.25, -0.2) is 4.79 Å². The first-order valence-corrected chi connectivity index (χ1v) is 13.1. The molecule has 3 N–H and O–H groups in total. The summed E-state index contributed by atoms with van der Waals surface area (Å²) >= 11 is 0. The zero-order chi connectivity index (χ0) is 23.8. The molecule has 7 heteroatoms. The predicted octanol–water partition coefficient (Wildman–Crippen LogP) is 1.49. The number of aromatic nitrogens is 2. The second kappa shape index (κ2) is 8.89. The minimum Gasteiger partial charge on any atom is -0.408 e. The van der Waals surface area contributed by atoms with Crippen LogP contribution in [0.1, 0.15) is 32.8 Å². The van der Waals surface area contributed by atoms with Crippen molar-refractivity contribution in [2.24, 2.45) is 17.1 Å². The van der Waals surface area contributed by atoms with E-state index in [9.17, 15) is 9.59 Å². The van der Waals surface area contributed by atoms with E-state index < -0.39 is 20.3 Å². The molecular weight excluding hydrogens is 430 g/mol. The molecule has 0 unspecified atom stereocenters. The Morgan fingerprint density at radius 2 is 1.61 bits per heavy atom. The average molecular weight is 464 g/mol. The molecule has 3 aromatic rings. The number of H-pyrrole nitrogens is 1. The van der Waals surface area contributed by atoms with Crippen molar-refractivity contribution in [3.8, 4) is 0 Å². The van der Waals surface area contributed by atoms with Crippen LogP contribution in [0.25, 0.3) is 0 Å². The maximum Gasteiger partial charge on any atom is 0.328 e. The zero-order valence-electron chi connectivity index (χ0n) is 19.7. The molecule has 0 spiro atoms. The van der Waals surface area contributed by atoms with E-state index in [2.05, 4.69) is 50.0 Å². The lowest BCUT2D eigenvalue weighted by atomic mass is 9.55. The third-order valence-corrected chi connectivity index (χ3v) is 9.53. The molecule has 1 saturated carbocycles. The van der Waals surface area contributed by atoms with Gasteiger partial charge in [0.25, 0.3) is 5.56 Å². The highest BCUT2D eigenvalue weighted by Gasteiger charge is 2.57. The molecule has 0 radical (unpaired) electrons.